The van der Waals surface area contributed by atoms with Gasteiger partial charge in [0.25, 0.3) is 5.91 Å². The lowest BCUT2D eigenvalue weighted by molar-refractivity contribution is 0.0876. The molecule has 7 heteroatoms. The molecule has 2 aromatic heterocycles. The standard InChI is InChI=1S/C22H25N3O3S/c1-16-23-21(25-28-16)22(11-4-2-3-5-12-22)24-20(26)17-8-6-9-18(14-17)27-15-19-10-7-13-29-19/h6-10,13-14H,2-5,11-12,15H2,1H3,(H,24,26). The first-order chi connectivity index (χ1) is 14.1. The Morgan fingerprint density at radius 2 is 2.03 bits per heavy atom. The van der Waals surface area contributed by atoms with Crippen LogP contribution in [0.3, 0.4) is 0 Å². The number of aromatic nitrogens is 2. The molecule has 3 aromatic rings. The highest BCUT2D eigenvalue weighted by Gasteiger charge is 2.39. The highest BCUT2D eigenvalue weighted by Crippen LogP contribution is 2.35. The van der Waals surface area contributed by atoms with Crippen molar-refractivity contribution >= 4 is 17.2 Å². The molecular weight excluding hydrogens is 386 g/mol. The van der Waals surface area contributed by atoms with E-state index in [1.807, 2.05) is 29.6 Å². The summed E-state index contributed by atoms with van der Waals surface area (Å²) in [7, 11) is 0. The third-order valence-corrected chi connectivity index (χ3v) is 6.17. The first kappa shape index (κ1) is 19.6. The molecule has 1 aromatic carbocycles. The van der Waals surface area contributed by atoms with Crippen molar-refractivity contribution in [2.24, 2.45) is 0 Å². The van der Waals surface area contributed by atoms with E-state index in [0.717, 1.165) is 43.4 Å². The molecule has 0 spiro atoms. The first-order valence-corrected chi connectivity index (χ1v) is 10.9. The zero-order valence-corrected chi connectivity index (χ0v) is 17.3. The highest BCUT2D eigenvalue weighted by atomic mass is 32.1. The van der Waals surface area contributed by atoms with Crippen LogP contribution in [-0.2, 0) is 12.1 Å². The summed E-state index contributed by atoms with van der Waals surface area (Å²) < 4.78 is 11.1. The molecule has 0 radical (unpaired) electrons. The quantitative estimate of drug-likeness (QED) is 0.578. The molecule has 1 aliphatic rings. The molecule has 0 atom stereocenters. The number of hydrogen-bond donors (Lipinski definition) is 1. The summed E-state index contributed by atoms with van der Waals surface area (Å²) in [5, 5.41) is 9.41. The summed E-state index contributed by atoms with van der Waals surface area (Å²) in [6.07, 6.45) is 5.98. The molecule has 0 saturated heterocycles. The maximum Gasteiger partial charge on any atom is 0.252 e. The van der Waals surface area contributed by atoms with Crippen LogP contribution in [0.15, 0.2) is 46.3 Å². The normalized spacial score (nSPS) is 16.2. The van der Waals surface area contributed by atoms with Crippen molar-refractivity contribution in [3.8, 4) is 5.75 Å². The van der Waals surface area contributed by atoms with Crippen molar-refractivity contribution in [1.82, 2.24) is 15.5 Å². The van der Waals surface area contributed by atoms with Gasteiger partial charge in [0.05, 0.1) is 0 Å². The number of benzene rings is 1. The Kier molecular flexibility index (Phi) is 5.94. The maximum absolute atomic E-state index is 13.1. The number of carbonyl (C=O) groups excluding carboxylic acids is 1. The van der Waals surface area contributed by atoms with E-state index in [1.54, 1.807) is 30.4 Å². The molecule has 1 saturated carbocycles. The van der Waals surface area contributed by atoms with Crippen molar-refractivity contribution in [2.75, 3.05) is 0 Å². The number of amides is 1. The van der Waals surface area contributed by atoms with Crippen molar-refractivity contribution in [2.45, 2.75) is 57.6 Å². The van der Waals surface area contributed by atoms with Gasteiger partial charge in [-0.3, -0.25) is 4.79 Å². The van der Waals surface area contributed by atoms with Gasteiger partial charge in [0, 0.05) is 17.4 Å². The van der Waals surface area contributed by atoms with Gasteiger partial charge < -0.3 is 14.6 Å². The Morgan fingerprint density at radius 1 is 1.21 bits per heavy atom. The number of hydrogen-bond acceptors (Lipinski definition) is 6. The monoisotopic (exact) mass is 411 g/mol. The molecule has 1 amide bonds. The van der Waals surface area contributed by atoms with Crippen molar-refractivity contribution < 1.29 is 14.1 Å². The smallest absolute Gasteiger partial charge is 0.252 e. The average molecular weight is 412 g/mol. The molecule has 1 aliphatic carbocycles. The number of carbonyl (C=O) groups is 1. The maximum atomic E-state index is 13.1. The molecule has 2 heterocycles. The van der Waals surface area contributed by atoms with Crippen LogP contribution in [-0.4, -0.2) is 16.0 Å². The van der Waals surface area contributed by atoms with E-state index in [0.29, 0.717) is 29.6 Å². The second kappa shape index (κ2) is 8.78. The third-order valence-electron chi connectivity index (χ3n) is 5.32. The molecule has 152 valence electrons. The Labute approximate surface area is 174 Å². The minimum atomic E-state index is -0.584. The van der Waals surface area contributed by atoms with E-state index in [9.17, 15) is 4.79 Å². The predicted molar refractivity (Wildman–Crippen MR) is 111 cm³/mol. The highest BCUT2D eigenvalue weighted by molar-refractivity contribution is 7.09. The Balaban J connectivity index is 1.52. The predicted octanol–water partition coefficient (Wildman–Crippen LogP) is 5.00. The molecule has 0 bridgehead atoms. The van der Waals surface area contributed by atoms with Gasteiger partial charge in [0.2, 0.25) is 5.89 Å². The second-order valence-electron chi connectivity index (χ2n) is 7.48. The van der Waals surface area contributed by atoms with Gasteiger partial charge in [-0.25, -0.2) is 0 Å². The number of aryl methyl sites for hydroxylation is 1. The van der Waals surface area contributed by atoms with E-state index in [4.69, 9.17) is 9.26 Å². The molecule has 6 nitrogen and oxygen atoms in total. The van der Waals surface area contributed by atoms with Crippen LogP contribution in [0.4, 0.5) is 0 Å². The molecule has 1 N–H and O–H groups in total. The summed E-state index contributed by atoms with van der Waals surface area (Å²) in [5.74, 6) is 1.63. The van der Waals surface area contributed by atoms with Crippen LogP contribution in [0.5, 0.6) is 5.75 Å². The lowest BCUT2D eigenvalue weighted by atomic mass is 9.88. The van der Waals surface area contributed by atoms with Gasteiger partial charge in [-0.15, -0.1) is 11.3 Å². The second-order valence-corrected chi connectivity index (χ2v) is 8.52. The molecule has 0 unspecified atom stereocenters. The van der Waals surface area contributed by atoms with Crippen LogP contribution >= 0.6 is 11.3 Å². The fraction of sp³-hybridized carbons (Fsp3) is 0.409. The fourth-order valence-electron chi connectivity index (χ4n) is 3.80. The fourth-order valence-corrected chi connectivity index (χ4v) is 4.41. The van der Waals surface area contributed by atoms with Gasteiger partial charge in [0.1, 0.15) is 17.9 Å². The van der Waals surface area contributed by atoms with Crippen LogP contribution in [0.1, 0.15) is 65.5 Å². The molecule has 4 rings (SSSR count). The molecule has 29 heavy (non-hydrogen) atoms. The van der Waals surface area contributed by atoms with Crippen LogP contribution in [0, 0.1) is 6.92 Å². The topological polar surface area (TPSA) is 77.2 Å². The first-order valence-electron chi connectivity index (χ1n) is 10.0. The lowest BCUT2D eigenvalue weighted by Gasteiger charge is -2.30. The Bertz CT molecular complexity index is 944. The van der Waals surface area contributed by atoms with Gasteiger partial charge in [0.15, 0.2) is 5.82 Å². The zero-order valence-electron chi connectivity index (χ0n) is 16.5. The summed E-state index contributed by atoms with van der Waals surface area (Å²) in [6.45, 7) is 2.27. The Morgan fingerprint density at radius 3 is 2.72 bits per heavy atom. The van der Waals surface area contributed by atoms with Gasteiger partial charge in [-0.1, -0.05) is 43.0 Å². The van der Waals surface area contributed by atoms with E-state index in [1.165, 1.54) is 0 Å². The van der Waals surface area contributed by atoms with Crippen molar-refractivity contribution in [3.05, 3.63) is 63.9 Å². The molecule has 0 aliphatic heterocycles. The van der Waals surface area contributed by atoms with Gasteiger partial charge in [-0.2, -0.15) is 4.98 Å². The lowest BCUT2D eigenvalue weighted by Crippen LogP contribution is -2.46. The van der Waals surface area contributed by atoms with Crippen LogP contribution < -0.4 is 10.1 Å². The molecule has 1 fully saturated rings. The van der Waals surface area contributed by atoms with Crippen molar-refractivity contribution in [1.29, 1.82) is 0 Å². The summed E-state index contributed by atoms with van der Waals surface area (Å²) in [5.41, 5.74) is -0.0170. The van der Waals surface area contributed by atoms with Crippen molar-refractivity contribution in [3.63, 3.8) is 0 Å². The number of nitrogens with zero attached hydrogens (tertiary/aromatic N) is 2. The van der Waals surface area contributed by atoms with Gasteiger partial charge >= 0.3 is 0 Å². The SMILES string of the molecule is Cc1nc(C2(NC(=O)c3cccc(OCc4cccs4)c3)CCCCCC2)no1. The summed E-state index contributed by atoms with van der Waals surface area (Å²) in [4.78, 5) is 18.7. The summed E-state index contributed by atoms with van der Waals surface area (Å²) in [6, 6.07) is 11.3. The number of thiophene rings is 1. The van der Waals surface area contributed by atoms with E-state index in [2.05, 4.69) is 15.5 Å². The summed E-state index contributed by atoms with van der Waals surface area (Å²) >= 11 is 1.65. The number of rotatable bonds is 6. The third kappa shape index (κ3) is 4.67. The zero-order chi connectivity index (χ0) is 20.1. The van der Waals surface area contributed by atoms with E-state index < -0.39 is 5.54 Å². The average Bonchev–Trinajstić information content (AvgIpc) is 3.35. The number of ether oxygens (including phenoxy) is 1. The minimum absolute atomic E-state index is 0.143. The minimum Gasteiger partial charge on any atom is -0.488 e. The van der Waals surface area contributed by atoms with Gasteiger partial charge in [-0.05, 0) is 42.5 Å². The van der Waals surface area contributed by atoms with Crippen LogP contribution in [0.25, 0.3) is 0 Å². The van der Waals surface area contributed by atoms with Crippen LogP contribution in [0.2, 0.25) is 0 Å². The molecular formula is C22H25N3O3S. The Hall–Kier alpha value is -2.67. The number of nitrogens with one attached hydrogen (secondary N) is 1. The van der Waals surface area contributed by atoms with E-state index >= 15 is 0 Å². The van der Waals surface area contributed by atoms with E-state index in [-0.39, 0.29) is 5.91 Å². The largest absolute Gasteiger partial charge is 0.488 e.